The van der Waals surface area contributed by atoms with Crippen LogP contribution in [-0.4, -0.2) is 46.1 Å². The van der Waals surface area contributed by atoms with Crippen LogP contribution in [0.4, 0.5) is 0 Å². The number of benzene rings is 2. The van der Waals surface area contributed by atoms with Gasteiger partial charge in [-0.1, -0.05) is 23.4 Å². The van der Waals surface area contributed by atoms with E-state index in [0.717, 1.165) is 37.2 Å². The normalized spacial score (nSPS) is 14.7. The average Bonchev–Trinajstić information content (AvgIpc) is 3.50. The molecule has 0 radical (unpaired) electrons. The molecular weight excluding hydrogens is 404 g/mol. The molecule has 1 saturated heterocycles. The zero-order valence-corrected chi connectivity index (χ0v) is 18.1. The Morgan fingerprint density at radius 3 is 2.72 bits per heavy atom. The van der Waals surface area contributed by atoms with Gasteiger partial charge in [0.2, 0.25) is 17.6 Å². The summed E-state index contributed by atoms with van der Waals surface area (Å²) in [4.78, 5) is 22.5. The van der Waals surface area contributed by atoms with Crippen molar-refractivity contribution in [1.82, 2.24) is 20.0 Å². The molecular formula is C25H26N4O3. The van der Waals surface area contributed by atoms with Gasteiger partial charge in [0.15, 0.2) is 0 Å². The van der Waals surface area contributed by atoms with E-state index in [2.05, 4.69) is 39.5 Å². The zero-order valence-electron chi connectivity index (χ0n) is 18.1. The second-order valence-corrected chi connectivity index (χ2v) is 8.18. The topological polar surface area (TPSA) is 84.3 Å². The van der Waals surface area contributed by atoms with Crippen LogP contribution in [0.2, 0.25) is 0 Å². The first kappa shape index (κ1) is 20.3. The molecule has 2 aromatic carbocycles. The number of methoxy groups -OCH3 is 1. The first-order valence-corrected chi connectivity index (χ1v) is 11.0. The van der Waals surface area contributed by atoms with Crippen LogP contribution in [0.3, 0.4) is 0 Å². The van der Waals surface area contributed by atoms with Gasteiger partial charge in [0.25, 0.3) is 0 Å². The van der Waals surface area contributed by atoms with Crippen LogP contribution in [0.5, 0.6) is 5.75 Å². The Balaban J connectivity index is 1.14. The largest absolute Gasteiger partial charge is 0.497 e. The monoisotopic (exact) mass is 430 g/mol. The number of amides is 1. The fourth-order valence-corrected chi connectivity index (χ4v) is 4.46. The highest BCUT2D eigenvalue weighted by atomic mass is 16.5. The summed E-state index contributed by atoms with van der Waals surface area (Å²) in [5.41, 5.74) is 3.39. The van der Waals surface area contributed by atoms with E-state index in [9.17, 15) is 4.79 Å². The van der Waals surface area contributed by atoms with Gasteiger partial charge in [-0.3, -0.25) is 4.79 Å². The summed E-state index contributed by atoms with van der Waals surface area (Å²) < 4.78 is 10.5. The van der Waals surface area contributed by atoms with Crippen LogP contribution in [0, 0.1) is 0 Å². The number of piperidine rings is 1. The number of aromatic nitrogens is 3. The lowest BCUT2D eigenvalue weighted by molar-refractivity contribution is -0.132. The Kier molecular flexibility index (Phi) is 5.62. The van der Waals surface area contributed by atoms with E-state index in [1.54, 1.807) is 7.11 Å². The van der Waals surface area contributed by atoms with E-state index >= 15 is 0 Å². The quantitative estimate of drug-likeness (QED) is 0.485. The van der Waals surface area contributed by atoms with E-state index in [1.165, 1.54) is 16.5 Å². The third-order valence-electron chi connectivity index (χ3n) is 6.28. The number of para-hydroxylation sites is 1. The van der Waals surface area contributed by atoms with Gasteiger partial charge in [-0.25, -0.2) is 0 Å². The van der Waals surface area contributed by atoms with Gasteiger partial charge >= 0.3 is 0 Å². The number of carbonyl (C=O) groups is 1. The minimum Gasteiger partial charge on any atom is -0.497 e. The van der Waals surface area contributed by atoms with Crippen LogP contribution in [0.15, 0.2) is 59.3 Å². The number of hydrogen-bond acceptors (Lipinski definition) is 5. The van der Waals surface area contributed by atoms with Gasteiger partial charge < -0.3 is 19.1 Å². The Bertz CT molecular complexity index is 1200. The van der Waals surface area contributed by atoms with Gasteiger partial charge in [0.05, 0.1) is 7.11 Å². The summed E-state index contributed by atoms with van der Waals surface area (Å²) in [6.07, 6.45) is 4.92. The minimum atomic E-state index is 0.145. The number of aromatic amines is 1. The maximum Gasteiger partial charge on any atom is 0.227 e. The summed E-state index contributed by atoms with van der Waals surface area (Å²) in [7, 11) is 1.63. The Labute approximate surface area is 186 Å². The molecule has 2 aromatic heterocycles. The molecule has 0 aliphatic carbocycles. The Morgan fingerprint density at radius 1 is 1.16 bits per heavy atom. The number of rotatable bonds is 6. The number of hydrogen-bond donors (Lipinski definition) is 1. The van der Waals surface area contributed by atoms with Crippen molar-refractivity contribution in [3.8, 4) is 17.1 Å². The molecule has 5 rings (SSSR count). The number of ether oxygens (including phenoxy) is 1. The number of aryl methyl sites for hydroxylation is 1. The van der Waals surface area contributed by atoms with Crippen LogP contribution in [0.25, 0.3) is 22.3 Å². The Hall–Kier alpha value is -3.61. The van der Waals surface area contributed by atoms with E-state index in [4.69, 9.17) is 9.26 Å². The molecule has 1 aliphatic heterocycles. The van der Waals surface area contributed by atoms with Crippen molar-refractivity contribution in [3.63, 3.8) is 0 Å². The highest BCUT2D eigenvalue weighted by Crippen LogP contribution is 2.33. The van der Waals surface area contributed by atoms with Crippen molar-refractivity contribution >= 4 is 16.8 Å². The maximum atomic E-state index is 12.7. The lowest BCUT2D eigenvalue weighted by Crippen LogP contribution is -2.38. The lowest BCUT2D eigenvalue weighted by atomic mass is 9.89. The molecule has 1 fully saturated rings. The van der Waals surface area contributed by atoms with Crippen LogP contribution in [-0.2, 0) is 11.2 Å². The van der Waals surface area contributed by atoms with Crippen molar-refractivity contribution in [2.75, 3.05) is 20.2 Å². The number of nitrogens with one attached hydrogen (secondary N) is 1. The summed E-state index contributed by atoms with van der Waals surface area (Å²) >= 11 is 0. The number of fused-ring (bicyclic) bond motifs is 1. The van der Waals surface area contributed by atoms with Crippen LogP contribution < -0.4 is 4.74 Å². The molecule has 1 amide bonds. The molecule has 1 N–H and O–H groups in total. The molecule has 32 heavy (non-hydrogen) atoms. The number of nitrogens with zero attached hydrogens (tertiary/aromatic N) is 3. The highest BCUT2D eigenvalue weighted by molar-refractivity contribution is 5.83. The van der Waals surface area contributed by atoms with Crippen molar-refractivity contribution in [2.24, 2.45) is 0 Å². The first-order valence-electron chi connectivity index (χ1n) is 11.0. The van der Waals surface area contributed by atoms with E-state index in [0.29, 0.717) is 30.5 Å². The zero-order chi connectivity index (χ0) is 21.9. The molecule has 0 atom stereocenters. The second-order valence-electron chi connectivity index (χ2n) is 8.18. The van der Waals surface area contributed by atoms with Crippen molar-refractivity contribution in [2.45, 2.75) is 31.6 Å². The standard InChI is InChI=1S/C25H26N4O3/c1-31-19-8-6-18(7-9-19)25-27-23(32-28-25)10-11-24(30)29-14-12-17(13-15-29)21-16-26-22-5-3-2-4-20(21)22/h2-9,16-17,26H,10-15H2,1H3. The molecule has 0 unspecified atom stereocenters. The molecule has 4 aromatic rings. The summed E-state index contributed by atoms with van der Waals surface area (Å²) in [5.74, 6) is 2.41. The fourth-order valence-electron chi connectivity index (χ4n) is 4.46. The van der Waals surface area contributed by atoms with Crippen molar-refractivity contribution in [3.05, 3.63) is 66.2 Å². The van der Waals surface area contributed by atoms with E-state index in [-0.39, 0.29) is 5.91 Å². The predicted octanol–water partition coefficient (Wildman–Crippen LogP) is 4.57. The summed E-state index contributed by atoms with van der Waals surface area (Å²) in [6, 6.07) is 15.9. The van der Waals surface area contributed by atoms with Crippen molar-refractivity contribution in [1.29, 1.82) is 0 Å². The van der Waals surface area contributed by atoms with Crippen LogP contribution >= 0.6 is 0 Å². The second kappa shape index (κ2) is 8.86. The molecule has 1 aliphatic rings. The van der Waals surface area contributed by atoms with E-state index < -0.39 is 0 Å². The van der Waals surface area contributed by atoms with E-state index in [1.807, 2.05) is 35.2 Å². The maximum absolute atomic E-state index is 12.7. The summed E-state index contributed by atoms with van der Waals surface area (Å²) in [5, 5.41) is 5.33. The van der Waals surface area contributed by atoms with Crippen molar-refractivity contribution < 1.29 is 14.1 Å². The third kappa shape index (κ3) is 4.10. The SMILES string of the molecule is COc1ccc(-c2noc(CCC(=O)N3CCC(c4c[nH]c5ccccc45)CC3)n2)cc1. The molecule has 0 bridgehead atoms. The Morgan fingerprint density at radius 2 is 1.94 bits per heavy atom. The van der Waals surface area contributed by atoms with Gasteiger partial charge in [0.1, 0.15) is 5.75 Å². The summed E-state index contributed by atoms with van der Waals surface area (Å²) in [6.45, 7) is 1.56. The van der Waals surface area contributed by atoms with Gasteiger partial charge in [-0.05, 0) is 54.7 Å². The van der Waals surface area contributed by atoms with Crippen LogP contribution in [0.1, 0.15) is 36.6 Å². The molecule has 0 saturated carbocycles. The molecule has 7 nitrogen and oxygen atoms in total. The van der Waals surface area contributed by atoms with Gasteiger partial charge in [-0.2, -0.15) is 4.98 Å². The lowest BCUT2D eigenvalue weighted by Gasteiger charge is -2.32. The first-order chi connectivity index (χ1) is 15.7. The molecule has 164 valence electrons. The smallest absolute Gasteiger partial charge is 0.227 e. The fraction of sp³-hybridized carbons (Fsp3) is 0.320. The molecule has 3 heterocycles. The number of carbonyl (C=O) groups excluding carboxylic acids is 1. The third-order valence-corrected chi connectivity index (χ3v) is 6.28. The average molecular weight is 431 g/mol. The number of H-pyrrole nitrogens is 1. The number of likely N-dealkylation sites (tertiary alicyclic amines) is 1. The molecule has 0 spiro atoms. The van der Waals surface area contributed by atoms with Gasteiger partial charge in [-0.15, -0.1) is 0 Å². The minimum absolute atomic E-state index is 0.145. The highest BCUT2D eigenvalue weighted by Gasteiger charge is 2.25. The predicted molar refractivity (Wildman–Crippen MR) is 121 cm³/mol. The molecule has 7 heteroatoms. The van der Waals surface area contributed by atoms with Gasteiger partial charge in [0, 0.05) is 48.6 Å².